The van der Waals surface area contributed by atoms with Crippen LogP contribution >= 0.6 is 0 Å². The maximum absolute atomic E-state index is 12.5. The van der Waals surface area contributed by atoms with Gasteiger partial charge in [0.05, 0.1) is 12.5 Å². The first kappa shape index (κ1) is 20.3. The van der Waals surface area contributed by atoms with E-state index >= 15 is 0 Å². The molecule has 0 radical (unpaired) electrons. The third-order valence-corrected chi connectivity index (χ3v) is 8.73. The van der Waals surface area contributed by atoms with Crippen LogP contribution in [-0.2, 0) is 20.0 Å². The van der Waals surface area contributed by atoms with E-state index in [0.717, 1.165) is 18.2 Å². The average molecular weight is 339 g/mol. The highest BCUT2D eigenvalue weighted by Crippen LogP contribution is 2.22. The number of hydrogen-bond acceptors (Lipinski definition) is 4. The summed E-state index contributed by atoms with van der Waals surface area (Å²) in [6.45, 7) is 5.45. The molecule has 0 aliphatic carbocycles. The minimum Gasteiger partial charge on any atom is -0.172 e. The van der Waals surface area contributed by atoms with Crippen molar-refractivity contribution in [2.24, 2.45) is 0 Å². The number of quaternary nitrogens is 1. The Morgan fingerprint density at radius 2 is 1.52 bits per heavy atom. The van der Waals surface area contributed by atoms with Gasteiger partial charge >= 0.3 is 20.0 Å². The summed E-state index contributed by atoms with van der Waals surface area (Å²) in [4.78, 5) is 0. The summed E-state index contributed by atoms with van der Waals surface area (Å²) in [5.74, 6) is -0.172. The first-order valence-electron chi connectivity index (χ1n) is 7.33. The monoisotopic (exact) mass is 338 g/mol. The second-order valence-electron chi connectivity index (χ2n) is 4.96. The summed E-state index contributed by atoms with van der Waals surface area (Å²) in [5.41, 5.74) is 0. The highest BCUT2D eigenvalue weighted by molar-refractivity contribution is 7.99. The summed E-state index contributed by atoms with van der Waals surface area (Å²) in [5, 5.41) is 1.04. The first-order valence-corrected chi connectivity index (χ1v) is 10.4. The molecule has 124 valence electrons. The average Bonchev–Trinajstić information content (AvgIpc) is 2.42. The summed E-state index contributed by atoms with van der Waals surface area (Å²) >= 11 is 0. The molecule has 0 rings (SSSR count). The van der Waals surface area contributed by atoms with Crippen LogP contribution in [-0.4, -0.2) is 39.5 Å². The van der Waals surface area contributed by atoms with Crippen molar-refractivity contribution in [1.82, 2.24) is 0 Å². The van der Waals surface area contributed by atoms with Crippen LogP contribution in [0.25, 0.3) is 0 Å². The molecule has 0 heterocycles. The van der Waals surface area contributed by atoms with Crippen molar-refractivity contribution in [1.29, 1.82) is 0 Å². The maximum atomic E-state index is 12.5. The molecule has 0 saturated carbocycles. The Morgan fingerprint density at radius 1 is 0.905 bits per heavy atom. The number of nitrogens with zero attached hydrogens (tertiary/aromatic N) is 1. The Kier molecular flexibility index (Phi) is 8.43. The Hall–Kier alpha value is -0.660. The molecule has 0 aromatic carbocycles. The van der Waals surface area contributed by atoms with Crippen LogP contribution in [0.5, 0.6) is 0 Å². The largest absolute Gasteiger partial charge is 0.334 e. The molecule has 0 fully saturated rings. The Labute approximate surface area is 130 Å². The van der Waals surface area contributed by atoms with Crippen molar-refractivity contribution >= 4 is 20.0 Å². The lowest BCUT2D eigenvalue weighted by Crippen LogP contribution is -2.53. The summed E-state index contributed by atoms with van der Waals surface area (Å²) < 4.78 is 48.7. The minimum atomic E-state index is -3.90. The second kappa shape index (κ2) is 8.70. The van der Waals surface area contributed by atoms with Gasteiger partial charge in [-0.2, -0.15) is 16.8 Å². The molecule has 0 aliphatic rings. The first-order chi connectivity index (χ1) is 9.68. The molecule has 0 N–H and O–H groups in total. The van der Waals surface area contributed by atoms with Crippen LogP contribution in [0.2, 0.25) is 0 Å². The number of allylic oxidation sites excluding steroid dienone is 3. The zero-order valence-corrected chi connectivity index (χ0v) is 15.1. The third-order valence-electron chi connectivity index (χ3n) is 3.37. The van der Waals surface area contributed by atoms with Gasteiger partial charge in [-0.25, -0.2) is 0 Å². The lowest BCUT2D eigenvalue weighted by atomic mass is 10.3. The van der Waals surface area contributed by atoms with Gasteiger partial charge in [0.2, 0.25) is 0 Å². The molecule has 0 amide bonds. The van der Waals surface area contributed by atoms with Gasteiger partial charge in [-0.05, 0) is 26.2 Å². The van der Waals surface area contributed by atoms with Gasteiger partial charge < -0.3 is 0 Å². The normalized spacial score (nSPS) is 16.6. The lowest BCUT2D eigenvalue weighted by Gasteiger charge is -2.28. The highest BCUT2D eigenvalue weighted by Gasteiger charge is 2.45. The smallest absolute Gasteiger partial charge is 0.172 e. The van der Waals surface area contributed by atoms with Crippen molar-refractivity contribution < 1.29 is 20.1 Å². The van der Waals surface area contributed by atoms with E-state index in [1.807, 2.05) is 19.9 Å². The van der Waals surface area contributed by atoms with Gasteiger partial charge in [0.15, 0.2) is 0 Å². The summed E-state index contributed by atoms with van der Waals surface area (Å²) in [6.07, 6.45) is 7.77. The number of rotatable bonds is 10. The molecular formula is C14H28NO4S2+. The molecular weight excluding hydrogens is 310 g/mol. The fraction of sp³-hybridized carbons (Fsp3) is 0.714. The molecule has 0 bridgehead atoms. The quantitative estimate of drug-likeness (QED) is 0.454. The van der Waals surface area contributed by atoms with Crippen molar-refractivity contribution in [3.05, 3.63) is 23.6 Å². The van der Waals surface area contributed by atoms with Gasteiger partial charge in [-0.15, -0.1) is 3.29 Å². The van der Waals surface area contributed by atoms with E-state index in [1.165, 1.54) is 13.1 Å². The predicted molar refractivity (Wildman–Crippen MR) is 87.5 cm³/mol. The van der Waals surface area contributed by atoms with Gasteiger partial charge in [-0.1, -0.05) is 38.5 Å². The molecule has 0 aromatic heterocycles. The van der Waals surface area contributed by atoms with Gasteiger partial charge in [-0.3, -0.25) is 0 Å². The molecule has 0 aliphatic heterocycles. The zero-order valence-electron chi connectivity index (χ0n) is 13.4. The molecule has 5 nitrogen and oxygen atoms in total. The van der Waals surface area contributed by atoms with Gasteiger partial charge in [0.25, 0.3) is 0 Å². The number of sulfonamides is 2. The van der Waals surface area contributed by atoms with E-state index in [-0.39, 0.29) is 12.3 Å². The molecule has 1 unspecified atom stereocenters. The van der Waals surface area contributed by atoms with Crippen molar-refractivity contribution in [3.8, 4) is 0 Å². The fourth-order valence-electron chi connectivity index (χ4n) is 1.71. The van der Waals surface area contributed by atoms with Crippen LogP contribution < -0.4 is 0 Å². The summed E-state index contributed by atoms with van der Waals surface area (Å²) in [6, 6.07) is 0. The Morgan fingerprint density at radius 3 is 2.00 bits per heavy atom. The number of unbranched alkanes of at least 4 members (excludes halogenated alkanes) is 1. The maximum Gasteiger partial charge on any atom is 0.334 e. The zero-order chi connectivity index (χ0) is 16.6. The molecule has 21 heavy (non-hydrogen) atoms. The molecule has 0 aromatic rings. The van der Waals surface area contributed by atoms with Crippen LogP contribution in [0.3, 0.4) is 0 Å². The van der Waals surface area contributed by atoms with E-state index in [2.05, 4.69) is 0 Å². The van der Waals surface area contributed by atoms with E-state index in [0.29, 0.717) is 12.8 Å². The van der Waals surface area contributed by atoms with Crippen LogP contribution in [0.4, 0.5) is 0 Å². The Balaban J connectivity index is 5.37. The highest BCUT2D eigenvalue weighted by atomic mass is 32.3. The molecule has 7 heteroatoms. The van der Waals surface area contributed by atoms with Crippen LogP contribution in [0.15, 0.2) is 23.6 Å². The minimum absolute atomic E-state index is 0.0153. The second-order valence-corrected chi connectivity index (χ2v) is 9.68. The van der Waals surface area contributed by atoms with Crippen molar-refractivity contribution in [2.45, 2.75) is 46.5 Å². The molecule has 1 atom stereocenters. The fourth-order valence-corrected chi connectivity index (χ4v) is 5.56. The summed E-state index contributed by atoms with van der Waals surface area (Å²) in [7, 11) is -6.45. The van der Waals surface area contributed by atoms with E-state index in [9.17, 15) is 16.8 Å². The Bertz CT molecular complexity index is 562. The lowest BCUT2D eigenvalue weighted by molar-refractivity contribution is -0.643. The van der Waals surface area contributed by atoms with Crippen molar-refractivity contribution in [2.75, 3.05) is 19.3 Å². The van der Waals surface area contributed by atoms with Crippen LogP contribution in [0, 0.1) is 0 Å². The molecule has 0 saturated heterocycles. The van der Waals surface area contributed by atoms with Gasteiger partial charge in [0, 0.05) is 0 Å². The van der Waals surface area contributed by atoms with E-state index < -0.39 is 23.3 Å². The molecule has 0 spiro atoms. The topological polar surface area (TPSA) is 68.3 Å². The van der Waals surface area contributed by atoms with E-state index in [4.69, 9.17) is 0 Å². The van der Waals surface area contributed by atoms with E-state index in [1.54, 1.807) is 13.0 Å². The van der Waals surface area contributed by atoms with Crippen molar-refractivity contribution in [3.63, 3.8) is 0 Å². The SMILES string of the molecule is CCC=CCCS(=O)(=O)[N+](C)(CC)S(=O)(=O)C=CCCC. The van der Waals surface area contributed by atoms with Gasteiger partial charge in [0.1, 0.15) is 12.3 Å². The standard InChI is InChI=1S/C14H28NO4S2/c1-5-8-10-12-14-21(18,19)15(4,7-3)20(16,17)13-11-9-6-2/h8,10-11,13H,5-7,9,12,14H2,1-4H3/q+1. The van der Waals surface area contributed by atoms with Crippen LogP contribution in [0.1, 0.15) is 46.5 Å². The number of hydrogen-bond donors (Lipinski definition) is 0. The predicted octanol–water partition coefficient (Wildman–Crippen LogP) is 2.78. The third kappa shape index (κ3) is 5.23.